The molecule has 4 nitrogen and oxygen atoms in total. The minimum Gasteiger partial charge on any atom is -0.386 e. The molecule has 0 saturated heterocycles. The van der Waals surface area contributed by atoms with Crippen molar-refractivity contribution in [1.29, 1.82) is 0 Å². The van der Waals surface area contributed by atoms with Crippen LogP contribution in [-0.2, 0) is 11.8 Å². The van der Waals surface area contributed by atoms with Crippen LogP contribution < -0.4 is 0 Å². The number of hydrogen-bond donors (Lipinski definition) is 1. The van der Waals surface area contributed by atoms with Gasteiger partial charge in [-0.25, -0.2) is 0 Å². The van der Waals surface area contributed by atoms with Gasteiger partial charge in [-0.1, -0.05) is 0 Å². The Kier molecular flexibility index (Phi) is 2.83. The number of methoxy groups -OCH3 is 1. The topological polar surface area (TPSA) is 47.3 Å². The molecule has 0 aliphatic carbocycles. The molecule has 0 saturated carbocycles. The van der Waals surface area contributed by atoms with Gasteiger partial charge < -0.3 is 9.84 Å². The van der Waals surface area contributed by atoms with Gasteiger partial charge in [0.05, 0.1) is 12.8 Å². The highest BCUT2D eigenvalue weighted by atomic mass is 16.5. The predicted octanol–water partition coefficient (Wildman–Crippen LogP) is 0.408. The molecule has 68 valence electrons. The summed E-state index contributed by atoms with van der Waals surface area (Å²) in [5.41, 5.74) is 1.80. The highest BCUT2D eigenvalue weighted by Gasteiger charge is 2.12. The number of hydrogen-bond acceptors (Lipinski definition) is 3. The maximum absolute atomic E-state index is 9.54. The molecule has 1 N–H and O–H groups in total. The fraction of sp³-hybridized carbons (Fsp3) is 0.625. The van der Waals surface area contributed by atoms with E-state index in [4.69, 9.17) is 4.74 Å². The third kappa shape index (κ3) is 1.65. The Balaban J connectivity index is 2.80. The van der Waals surface area contributed by atoms with Crippen LogP contribution >= 0.6 is 0 Å². The Hall–Kier alpha value is -0.870. The van der Waals surface area contributed by atoms with Crippen LogP contribution in [0.25, 0.3) is 0 Å². The predicted molar refractivity (Wildman–Crippen MR) is 44.8 cm³/mol. The Morgan fingerprint density at radius 1 is 1.75 bits per heavy atom. The van der Waals surface area contributed by atoms with Gasteiger partial charge in [0, 0.05) is 25.4 Å². The van der Waals surface area contributed by atoms with Crippen LogP contribution in [0.2, 0.25) is 0 Å². The number of nitrogens with zero attached hydrogens (tertiary/aromatic N) is 2. The first-order valence-corrected chi connectivity index (χ1v) is 3.82. The maximum atomic E-state index is 9.54. The molecule has 0 aliphatic rings. The Morgan fingerprint density at radius 3 is 2.83 bits per heavy atom. The average Bonchev–Trinajstić information content (AvgIpc) is 2.34. The van der Waals surface area contributed by atoms with Gasteiger partial charge in [-0.15, -0.1) is 0 Å². The largest absolute Gasteiger partial charge is 0.386 e. The van der Waals surface area contributed by atoms with Crippen molar-refractivity contribution in [2.24, 2.45) is 7.05 Å². The summed E-state index contributed by atoms with van der Waals surface area (Å²) in [5.74, 6) is 0. The third-order valence-corrected chi connectivity index (χ3v) is 1.96. The first kappa shape index (κ1) is 9.22. The lowest BCUT2D eigenvalue weighted by atomic mass is 10.1. The van der Waals surface area contributed by atoms with E-state index in [1.165, 1.54) is 0 Å². The van der Waals surface area contributed by atoms with E-state index >= 15 is 0 Å². The maximum Gasteiger partial charge on any atom is 0.106 e. The van der Waals surface area contributed by atoms with Gasteiger partial charge in [0.15, 0.2) is 0 Å². The first-order chi connectivity index (χ1) is 5.66. The normalized spacial score (nSPS) is 13.3. The molecular formula is C8H14N2O2. The van der Waals surface area contributed by atoms with Crippen molar-refractivity contribution in [2.75, 3.05) is 13.7 Å². The summed E-state index contributed by atoms with van der Waals surface area (Å²) in [6.07, 6.45) is 1.10. The zero-order valence-corrected chi connectivity index (χ0v) is 7.61. The average molecular weight is 170 g/mol. The van der Waals surface area contributed by atoms with Crippen molar-refractivity contribution >= 4 is 0 Å². The summed E-state index contributed by atoms with van der Waals surface area (Å²) < 4.78 is 6.57. The number of aliphatic hydroxyl groups is 1. The SMILES string of the molecule is COCC(O)c1cnn(C)c1C. The lowest BCUT2D eigenvalue weighted by Crippen LogP contribution is -2.06. The molecule has 1 atom stereocenters. The number of ether oxygens (including phenoxy) is 1. The zero-order chi connectivity index (χ0) is 9.14. The summed E-state index contributed by atoms with van der Waals surface area (Å²) in [7, 11) is 3.41. The molecular weight excluding hydrogens is 156 g/mol. The molecule has 0 amide bonds. The minimum atomic E-state index is -0.566. The molecule has 1 aromatic rings. The molecule has 0 spiro atoms. The Bertz CT molecular complexity index is 258. The molecule has 12 heavy (non-hydrogen) atoms. The summed E-state index contributed by atoms with van der Waals surface area (Å²) in [4.78, 5) is 0. The smallest absolute Gasteiger partial charge is 0.106 e. The zero-order valence-electron chi connectivity index (χ0n) is 7.61. The van der Waals surface area contributed by atoms with Gasteiger partial charge >= 0.3 is 0 Å². The second-order valence-corrected chi connectivity index (χ2v) is 2.78. The summed E-state index contributed by atoms with van der Waals surface area (Å²) >= 11 is 0. The minimum absolute atomic E-state index is 0.312. The summed E-state index contributed by atoms with van der Waals surface area (Å²) in [6.45, 7) is 2.23. The van der Waals surface area contributed by atoms with Crippen molar-refractivity contribution in [3.05, 3.63) is 17.5 Å². The van der Waals surface area contributed by atoms with Gasteiger partial charge in [0.25, 0.3) is 0 Å². The molecule has 0 bridgehead atoms. The monoisotopic (exact) mass is 170 g/mol. The lowest BCUT2D eigenvalue weighted by molar-refractivity contribution is 0.0639. The van der Waals surface area contributed by atoms with E-state index in [9.17, 15) is 5.11 Å². The van der Waals surface area contributed by atoms with Crippen molar-refractivity contribution in [1.82, 2.24) is 9.78 Å². The number of aromatic nitrogens is 2. The second-order valence-electron chi connectivity index (χ2n) is 2.78. The van der Waals surface area contributed by atoms with E-state index in [-0.39, 0.29) is 0 Å². The van der Waals surface area contributed by atoms with E-state index in [2.05, 4.69) is 5.10 Å². The van der Waals surface area contributed by atoms with Gasteiger partial charge in [-0.3, -0.25) is 4.68 Å². The summed E-state index contributed by atoms with van der Waals surface area (Å²) in [5, 5.41) is 13.6. The van der Waals surface area contributed by atoms with Crippen molar-refractivity contribution in [3.63, 3.8) is 0 Å². The molecule has 1 rings (SSSR count). The van der Waals surface area contributed by atoms with Crippen LogP contribution in [-0.4, -0.2) is 28.6 Å². The van der Waals surface area contributed by atoms with Crippen LogP contribution in [0.4, 0.5) is 0 Å². The van der Waals surface area contributed by atoms with Crippen molar-refractivity contribution in [2.45, 2.75) is 13.0 Å². The van der Waals surface area contributed by atoms with E-state index in [0.29, 0.717) is 6.61 Å². The van der Waals surface area contributed by atoms with Crippen LogP contribution in [0.3, 0.4) is 0 Å². The van der Waals surface area contributed by atoms with Crippen molar-refractivity contribution < 1.29 is 9.84 Å². The van der Waals surface area contributed by atoms with Crippen LogP contribution in [0.15, 0.2) is 6.20 Å². The van der Waals surface area contributed by atoms with E-state index in [1.54, 1.807) is 18.0 Å². The van der Waals surface area contributed by atoms with Gasteiger partial charge in [0.1, 0.15) is 6.10 Å². The Labute approximate surface area is 71.8 Å². The highest BCUT2D eigenvalue weighted by Crippen LogP contribution is 2.15. The molecule has 1 aromatic heterocycles. The molecule has 0 radical (unpaired) electrons. The molecule has 0 fully saturated rings. The number of aryl methyl sites for hydroxylation is 1. The van der Waals surface area contributed by atoms with Crippen LogP contribution in [0.5, 0.6) is 0 Å². The Morgan fingerprint density at radius 2 is 2.42 bits per heavy atom. The molecule has 4 heteroatoms. The van der Waals surface area contributed by atoms with Crippen LogP contribution in [0.1, 0.15) is 17.4 Å². The number of rotatable bonds is 3. The quantitative estimate of drug-likeness (QED) is 0.714. The third-order valence-electron chi connectivity index (χ3n) is 1.96. The van der Waals surface area contributed by atoms with Gasteiger partial charge in [0.2, 0.25) is 0 Å². The van der Waals surface area contributed by atoms with Crippen molar-refractivity contribution in [3.8, 4) is 0 Å². The highest BCUT2D eigenvalue weighted by molar-refractivity contribution is 5.18. The molecule has 1 heterocycles. The van der Waals surface area contributed by atoms with E-state index in [0.717, 1.165) is 11.3 Å². The fourth-order valence-corrected chi connectivity index (χ4v) is 1.09. The van der Waals surface area contributed by atoms with Crippen LogP contribution in [0, 0.1) is 6.92 Å². The molecule has 1 unspecified atom stereocenters. The standard InChI is InChI=1S/C8H14N2O2/c1-6-7(4-9-10(6)2)8(11)5-12-3/h4,8,11H,5H2,1-3H3. The number of aliphatic hydroxyl groups excluding tert-OH is 1. The molecule has 0 aromatic carbocycles. The van der Waals surface area contributed by atoms with E-state index < -0.39 is 6.10 Å². The first-order valence-electron chi connectivity index (χ1n) is 3.82. The molecule has 0 aliphatic heterocycles. The van der Waals surface area contributed by atoms with E-state index in [1.807, 2.05) is 14.0 Å². The summed E-state index contributed by atoms with van der Waals surface area (Å²) in [6, 6.07) is 0. The second kappa shape index (κ2) is 3.69. The lowest BCUT2D eigenvalue weighted by Gasteiger charge is -2.07. The van der Waals surface area contributed by atoms with Gasteiger partial charge in [-0.2, -0.15) is 5.10 Å². The fourth-order valence-electron chi connectivity index (χ4n) is 1.09. The van der Waals surface area contributed by atoms with Gasteiger partial charge in [-0.05, 0) is 6.92 Å².